The Morgan fingerprint density at radius 2 is 1.79 bits per heavy atom. The van der Waals surface area contributed by atoms with Crippen molar-refractivity contribution in [3.63, 3.8) is 0 Å². The van der Waals surface area contributed by atoms with E-state index in [4.69, 9.17) is 9.47 Å². The topological polar surface area (TPSA) is 76.2 Å². The predicted molar refractivity (Wildman–Crippen MR) is 102 cm³/mol. The van der Waals surface area contributed by atoms with Crippen molar-refractivity contribution < 1.29 is 23.9 Å². The van der Waals surface area contributed by atoms with Crippen LogP contribution in [-0.4, -0.2) is 52.1 Å². The van der Waals surface area contributed by atoms with Crippen molar-refractivity contribution in [3.8, 4) is 0 Å². The van der Waals surface area contributed by atoms with Gasteiger partial charge in [-0.3, -0.25) is 4.79 Å². The lowest BCUT2D eigenvalue weighted by Crippen LogP contribution is -2.46. The van der Waals surface area contributed by atoms with Gasteiger partial charge in [0.1, 0.15) is 12.2 Å². The van der Waals surface area contributed by atoms with Crippen molar-refractivity contribution in [2.45, 2.75) is 65.3 Å². The first kappa shape index (κ1) is 20.2. The van der Waals surface area contributed by atoms with Gasteiger partial charge < -0.3 is 14.4 Å². The van der Waals surface area contributed by atoms with Crippen molar-refractivity contribution >= 4 is 18.1 Å². The maximum atomic E-state index is 13.0. The van der Waals surface area contributed by atoms with Crippen LogP contribution >= 0.6 is 0 Å². The van der Waals surface area contributed by atoms with Gasteiger partial charge in [-0.05, 0) is 46.6 Å². The van der Waals surface area contributed by atoms with E-state index in [1.54, 1.807) is 39.5 Å². The van der Waals surface area contributed by atoms with E-state index in [-0.39, 0.29) is 12.5 Å². The molecule has 2 saturated heterocycles. The molecule has 7 heteroatoms. The molecule has 2 aliphatic rings. The Bertz CT molecular complexity index is 769. The molecule has 0 aliphatic carbocycles. The summed E-state index contributed by atoms with van der Waals surface area (Å²) in [6.07, 6.45) is -0.611. The van der Waals surface area contributed by atoms with Gasteiger partial charge >= 0.3 is 12.2 Å². The van der Waals surface area contributed by atoms with E-state index in [2.05, 4.69) is 0 Å². The van der Waals surface area contributed by atoms with Crippen LogP contribution in [-0.2, 0) is 20.9 Å². The van der Waals surface area contributed by atoms with Gasteiger partial charge in [-0.15, -0.1) is 0 Å². The molecular weight excluding hydrogens is 360 g/mol. The fourth-order valence-corrected chi connectivity index (χ4v) is 4.04. The maximum Gasteiger partial charge on any atom is 0.417 e. The van der Waals surface area contributed by atoms with Gasteiger partial charge in [-0.1, -0.05) is 30.3 Å². The molecule has 0 bridgehead atoms. The average molecular weight is 388 g/mol. The summed E-state index contributed by atoms with van der Waals surface area (Å²) in [5.41, 5.74) is -0.709. The molecule has 2 heterocycles. The van der Waals surface area contributed by atoms with E-state index >= 15 is 0 Å². The molecule has 0 spiro atoms. The summed E-state index contributed by atoms with van der Waals surface area (Å²) in [6, 6.07) is 8.59. The number of hydrogen-bond donors (Lipinski definition) is 0. The van der Waals surface area contributed by atoms with Crippen molar-refractivity contribution in [1.29, 1.82) is 0 Å². The van der Waals surface area contributed by atoms with Gasteiger partial charge in [0.25, 0.3) is 0 Å². The largest absolute Gasteiger partial charge is 0.445 e. The van der Waals surface area contributed by atoms with Gasteiger partial charge in [0, 0.05) is 6.54 Å². The highest BCUT2D eigenvalue weighted by Crippen LogP contribution is 2.44. The highest BCUT2D eigenvalue weighted by Gasteiger charge is 2.62. The minimum atomic E-state index is -0.899. The van der Waals surface area contributed by atoms with Crippen LogP contribution in [0.5, 0.6) is 0 Å². The van der Waals surface area contributed by atoms with Gasteiger partial charge in [0.2, 0.25) is 5.91 Å². The number of nitrogens with zero attached hydrogens (tertiary/aromatic N) is 2. The molecule has 0 aromatic heterocycles. The number of carbonyl (C=O) groups is 3. The van der Waals surface area contributed by atoms with Crippen LogP contribution < -0.4 is 0 Å². The Kier molecular flexibility index (Phi) is 5.12. The van der Waals surface area contributed by atoms with Crippen LogP contribution in [0.2, 0.25) is 0 Å². The fraction of sp³-hybridized carbons (Fsp3) is 0.571. The first-order chi connectivity index (χ1) is 13.0. The second-order valence-corrected chi connectivity index (χ2v) is 8.91. The average Bonchev–Trinajstić information content (AvgIpc) is 3.11. The zero-order valence-corrected chi connectivity index (χ0v) is 17.1. The number of hydrogen-bond acceptors (Lipinski definition) is 5. The summed E-state index contributed by atoms with van der Waals surface area (Å²) in [5.74, 6) is -0.322. The summed E-state index contributed by atoms with van der Waals surface area (Å²) in [4.78, 5) is 41.1. The molecule has 7 nitrogen and oxygen atoms in total. The lowest BCUT2D eigenvalue weighted by molar-refractivity contribution is -0.135. The summed E-state index contributed by atoms with van der Waals surface area (Å²) in [7, 11) is 0. The monoisotopic (exact) mass is 388 g/mol. The van der Waals surface area contributed by atoms with E-state index in [0.29, 0.717) is 13.0 Å². The van der Waals surface area contributed by atoms with Crippen LogP contribution in [0, 0.1) is 5.41 Å². The molecule has 1 aromatic carbocycles. The van der Waals surface area contributed by atoms with Crippen LogP contribution in [0.15, 0.2) is 30.3 Å². The van der Waals surface area contributed by atoms with Crippen LogP contribution in [0.4, 0.5) is 9.59 Å². The first-order valence-corrected chi connectivity index (χ1v) is 9.56. The molecule has 2 atom stereocenters. The van der Waals surface area contributed by atoms with Crippen LogP contribution in [0.25, 0.3) is 0 Å². The Balaban J connectivity index is 1.75. The minimum absolute atomic E-state index is 0.164. The highest BCUT2D eigenvalue weighted by atomic mass is 16.6. The summed E-state index contributed by atoms with van der Waals surface area (Å²) in [5, 5.41) is 0. The third kappa shape index (κ3) is 3.70. The van der Waals surface area contributed by atoms with E-state index in [1.165, 1.54) is 4.90 Å². The summed E-state index contributed by atoms with van der Waals surface area (Å²) in [6.45, 7) is 9.40. The third-order valence-corrected chi connectivity index (χ3v) is 5.24. The molecule has 28 heavy (non-hydrogen) atoms. The summed E-state index contributed by atoms with van der Waals surface area (Å²) >= 11 is 0. The van der Waals surface area contributed by atoms with Crippen LogP contribution in [0.1, 0.15) is 46.6 Å². The van der Waals surface area contributed by atoms with Crippen molar-refractivity contribution in [2.75, 3.05) is 6.54 Å². The maximum absolute atomic E-state index is 13.0. The second-order valence-electron chi connectivity index (χ2n) is 8.91. The molecule has 1 aromatic rings. The molecule has 2 aliphatic heterocycles. The number of fused-ring (bicyclic) bond motifs is 1. The highest BCUT2D eigenvalue weighted by molar-refractivity contribution is 5.99. The zero-order chi connectivity index (χ0) is 20.7. The molecule has 152 valence electrons. The van der Waals surface area contributed by atoms with E-state index < -0.39 is 35.3 Å². The van der Waals surface area contributed by atoms with E-state index in [9.17, 15) is 14.4 Å². The third-order valence-electron chi connectivity index (χ3n) is 5.24. The van der Waals surface area contributed by atoms with Crippen molar-refractivity contribution in [1.82, 2.24) is 9.80 Å². The first-order valence-electron chi connectivity index (χ1n) is 9.56. The van der Waals surface area contributed by atoms with E-state index in [1.807, 2.05) is 30.3 Å². The SMILES string of the molecule is CC(C)(C)OC(=O)N1C(=O)C(C)(C)[C@@H]2[C@@H]1CCN2C(=O)OCc1ccccc1. The molecule has 3 amide bonds. The van der Waals surface area contributed by atoms with Crippen molar-refractivity contribution in [2.24, 2.45) is 5.41 Å². The molecule has 2 fully saturated rings. The molecular formula is C21H28N2O5. The Morgan fingerprint density at radius 1 is 1.14 bits per heavy atom. The van der Waals surface area contributed by atoms with Gasteiger partial charge in [0.05, 0.1) is 17.5 Å². The minimum Gasteiger partial charge on any atom is -0.445 e. The normalized spacial score (nSPS) is 23.5. The number of carbonyl (C=O) groups excluding carboxylic acids is 3. The number of ether oxygens (including phenoxy) is 2. The number of amides is 3. The molecule has 0 N–H and O–H groups in total. The zero-order valence-electron chi connectivity index (χ0n) is 17.1. The Hall–Kier alpha value is -2.57. The van der Waals surface area contributed by atoms with Gasteiger partial charge in [-0.25, -0.2) is 14.5 Å². The number of likely N-dealkylation sites (tertiary alicyclic amines) is 2. The predicted octanol–water partition coefficient (Wildman–Crippen LogP) is 3.57. The molecule has 3 rings (SSSR count). The van der Waals surface area contributed by atoms with E-state index in [0.717, 1.165) is 5.56 Å². The van der Waals surface area contributed by atoms with Crippen molar-refractivity contribution in [3.05, 3.63) is 35.9 Å². The standard InChI is InChI=1S/C21H28N2O5/c1-20(2,3)28-19(26)23-15-11-12-22(16(15)21(4,5)17(23)24)18(25)27-13-14-9-7-6-8-10-14/h6-10,15-16H,11-13H2,1-5H3/t15-,16-/m0/s1. The second kappa shape index (κ2) is 7.11. The Labute approximate surface area is 165 Å². The number of rotatable bonds is 2. The lowest BCUT2D eigenvalue weighted by Gasteiger charge is -2.31. The van der Waals surface area contributed by atoms with Gasteiger partial charge in [-0.2, -0.15) is 0 Å². The van der Waals surface area contributed by atoms with Gasteiger partial charge in [0.15, 0.2) is 0 Å². The number of benzene rings is 1. The quantitative estimate of drug-likeness (QED) is 0.774. The molecule has 0 saturated carbocycles. The Morgan fingerprint density at radius 3 is 2.39 bits per heavy atom. The van der Waals surface area contributed by atoms with Crippen LogP contribution in [0.3, 0.4) is 0 Å². The molecule has 0 radical (unpaired) electrons. The smallest absolute Gasteiger partial charge is 0.417 e. The molecule has 0 unspecified atom stereocenters. The number of imide groups is 1. The lowest BCUT2D eigenvalue weighted by atomic mass is 9.84. The summed E-state index contributed by atoms with van der Waals surface area (Å²) < 4.78 is 10.9. The fourth-order valence-electron chi connectivity index (χ4n) is 4.04.